The van der Waals surface area contributed by atoms with E-state index in [4.69, 9.17) is 16.3 Å². The number of aryl methyl sites for hydroxylation is 1. The third-order valence-corrected chi connectivity index (χ3v) is 8.06. The highest BCUT2D eigenvalue weighted by Gasteiger charge is 2.42. The van der Waals surface area contributed by atoms with Crippen molar-refractivity contribution in [1.82, 2.24) is 35.0 Å². The first kappa shape index (κ1) is 26.3. The number of carbonyl (C=O) groups excluding carboxylic acids is 3. The molecule has 1 N–H and O–H groups in total. The number of likely N-dealkylation sites (tertiary alicyclic amines) is 2. The second kappa shape index (κ2) is 11.2. The molecule has 2 aromatic rings. The minimum Gasteiger partial charge on any atom is -0.487 e. The fourth-order valence-corrected chi connectivity index (χ4v) is 6.10. The molecule has 3 aliphatic heterocycles. The van der Waals surface area contributed by atoms with Crippen molar-refractivity contribution in [3.05, 3.63) is 40.2 Å². The molecule has 1 aromatic carbocycles. The summed E-state index contributed by atoms with van der Waals surface area (Å²) in [6.45, 7) is 2.19. The second-order valence-electron chi connectivity index (χ2n) is 10.1. The SMILES string of the molecule is CNC(=O)N1CCCC[C@H]1C(=O)N1CCc2c(Cl)ccc(OCc3cn(C)nn3)c2[C@H]1CN1CCCC1=O. The summed E-state index contributed by atoms with van der Waals surface area (Å²) in [5.41, 5.74) is 2.42. The summed E-state index contributed by atoms with van der Waals surface area (Å²) >= 11 is 6.68. The van der Waals surface area contributed by atoms with E-state index >= 15 is 0 Å². The van der Waals surface area contributed by atoms with Crippen molar-refractivity contribution in [2.75, 3.05) is 33.2 Å². The van der Waals surface area contributed by atoms with Crippen LogP contribution in [0.4, 0.5) is 4.79 Å². The Kier molecular flexibility index (Phi) is 7.73. The zero-order valence-corrected chi connectivity index (χ0v) is 22.6. The Labute approximate surface area is 227 Å². The van der Waals surface area contributed by atoms with Crippen molar-refractivity contribution in [2.24, 2.45) is 7.05 Å². The molecule has 4 amide bonds. The van der Waals surface area contributed by atoms with Gasteiger partial charge in [-0.2, -0.15) is 0 Å². The highest BCUT2D eigenvalue weighted by Crippen LogP contribution is 2.42. The zero-order valence-electron chi connectivity index (χ0n) is 21.9. The van der Waals surface area contributed by atoms with Crippen molar-refractivity contribution in [2.45, 2.75) is 57.2 Å². The van der Waals surface area contributed by atoms with E-state index in [1.165, 1.54) is 0 Å². The third kappa shape index (κ3) is 5.16. The highest BCUT2D eigenvalue weighted by atomic mass is 35.5. The van der Waals surface area contributed by atoms with Crippen LogP contribution in [0.3, 0.4) is 0 Å². The lowest BCUT2D eigenvalue weighted by Gasteiger charge is -2.44. The first-order valence-corrected chi connectivity index (χ1v) is 13.6. The molecule has 2 fully saturated rings. The van der Waals surface area contributed by atoms with Gasteiger partial charge >= 0.3 is 6.03 Å². The Bertz CT molecular complexity index is 1220. The van der Waals surface area contributed by atoms with Crippen LogP contribution in [-0.4, -0.2) is 86.8 Å². The van der Waals surface area contributed by atoms with Crippen LogP contribution < -0.4 is 10.1 Å². The molecule has 3 aliphatic rings. The highest BCUT2D eigenvalue weighted by molar-refractivity contribution is 6.31. The van der Waals surface area contributed by atoms with Crippen LogP contribution in [0.1, 0.15) is 55.0 Å². The van der Waals surface area contributed by atoms with Crippen molar-refractivity contribution < 1.29 is 19.1 Å². The Hall–Kier alpha value is -3.34. The number of rotatable bonds is 6. The molecule has 0 radical (unpaired) electrons. The van der Waals surface area contributed by atoms with Crippen LogP contribution in [0.25, 0.3) is 0 Å². The van der Waals surface area contributed by atoms with E-state index < -0.39 is 12.1 Å². The van der Waals surface area contributed by atoms with Gasteiger partial charge in [0.1, 0.15) is 24.1 Å². The Morgan fingerprint density at radius 1 is 1.13 bits per heavy atom. The first-order valence-electron chi connectivity index (χ1n) is 13.2. The number of halogens is 1. The van der Waals surface area contributed by atoms with Gasteiger partial charge < -0.3 is 24.8 Å². The number of urea groups is 1. The average molecular weight is 544 g/mol. The fourth-order valence-electron chi connectivity index (χ4n) is 5.84. The van der Waals surface area contributed by atoms with E-state index in [9.17, 15) is 14.4 Å². The first-order chi connectivity index (χ1) is 18.4. The van der Waals surface area contributed by atoms with Gasteiger partial charge in [-0.3, -0.25) is 14.3 Å². The molecular weight excluding hydrogens is 510 g/mol. The zero-order chi connectivity index (χ0) is 26.8. The van der Waals surface area contributed by atoms with Crippen LogP contribution in [0, 0.1) is 0 Å². The number of benzene rings is 1. The third-order valence-electron chi connectivity index (χ3n) is 7.71. The molecule has 0 spiro atoms. The van der Waals surface area contributed by atoms with E-state index in [0.29, 0.717) is 61.9 Å². The van der Waals surface area contributed by atoms with E-state index in [-0.39, 0.29) is 24.5 Å². The summed E-state index contributed by atoms with van der Waals surface area (Å²) in [6.07, 6.45) is 5.99. The largest absolute Gasteiger partial charge is 0.487 e. The number of hydrogen-bond acceptors (Lipinski definition) is 6. The summed E-state index contributed by atoms with van der Waals surface area (Å²) < 4.78 is 7.85. The molecule has 2 saturated heterocycles. The number of hydrogen-bond donors (Lipinski definition) is 1. The van der Waals surface area contributed by atoms with E-state index in [1.54, 1.807) is 29.9 Å². The topological polar surface area (TPSA) is 113 Å². The molecule has 0 unspecified atom stereocenters. The molecule has 38 heavy (non-hydrogen) atoms. The lowest BCUT2D eigenvalue weighted by atomic mass is 9.89. The summed E-state index contributed by atoms with van der Waals surface area (Å²) in [4.78, 5) is 44.7. The van der Waals surface area contributed by atoms with Gasteiger partial charge in [-0.1, -0.05) is 16.8 Å². The Morgan fingerprint density at radius 2 is 1.97 bits per heavy atom. The van der Waals surface area contributed by atoms with Crippen LogP contribution in [0.15, 0.2) is 18.3 Å². The van der Waals surface area contributed by atoms with Gasteiger partial charge in [-0.05, 0) is 49.8 Å². The predicted octanol–water partition coefficient (Wildman–Crippen LogP) is 2.29. The number of fused-ring (bicyclic) bond motifs is 1. The quantitative estimate of drug-likeness (QED) is 0.598. The van der Waals surface area contributed by atoms with Gasteiger partial charge in [0.25, 0.3) is 0 Å². The number of ether oxygens (including phenoxy) is 1. The number of aromatic nitrogens is 3. The van der Waals surface area contributed by atoms with Gasteiger partial charge in [0.15, 0.2) is 0 Å². The maximum atomic E-state index is 14.1. The van der Waals surface area contributed by atoms with E-state index in [1.807, 2.05) is 21.9 Å². The average Bonchev–Trinajstić information content (AvgIpc) is 3.54. The number of nitrogens with one attached hydrogen (secondary N) is 1. The van der Waals surface area contributed by atoms with E-state index in [2.05, 4.69) is 15.6 Å². The van der Waals surface area contributed by atoms with Crippen LogP contribution in [0.2, 0.25) is 5.02 Å². The lowest BCUT2D eigenvalue weighted by Crippen LogP contribution is -2.57. The molecular formula is C26H34ClN7O4. The van der Waals surface area contributed by atoms with Gasteiger partial charge in [0.05, 0.1) is 12.2 Å². The number of nitrogens with zero attached hydrogens (tertiary/aromatic N) is 6. The maximum absolute atomic E-state index is 14.1. The van der Waals surface area contributed by atoms with Gasteiger partial charge in [-0.15, -0.1) is 5.10 Å². The number of amides is 4. The molecule has 204 valence electrons. The van der Waals surface area contributed by atoms with Crippen LogP contribution in [0.5, 0.6) is 5.75 Å². The monoisotopic (exact) mass is 543 g/mol. The lowest BCUT2D eigenvalue weighted by molar-refractivity contribution is -0.142. The summed E-state index contributed by atoms with van der Waals surface area (Å²) in [5, 5.41) is 11.4. The molecule has 0 saturated carbocycles. The molecule has 5 rings (SSSR count). The van der Waals surface area contributed by atoms with Gasteiger partial charge in [0, 0.05) is 57.3 Å². The van der Waals surface area contributed by atoms with Crippen molar-refractivity contribution in [3.8, 4) is 5.75 Å². The standard InChI is InChI=1S/C26H34ClN7O4/c1-28-26(37)34-12-4-3-6-20(34)25(36)33-13-10-18-19(27)8-9-22(38-16-17-14-31(2)30-29-17)24(18)21(33)15-32-11-5-7-23(32)35/h8-9,14,20-21H,3-7,10-13,15-16H2,1-2H3,(H,28,37)/t20-,21+/m0/s1. The normalized spacial score (nSPS) is 21.4. The number of carbonyl (C=O) groups is 3. The van der Waals surface area contributed by atoms with Crippen molar-refractivity contribution >= 4 is 29.4 Å². The molecule has 11 nitrogen and oxygen atoms in total. The Morgan fingerprint density at radius 3 is 2.68 bits per heavy atom. The molecule has 0 bridgehead atoms. The second-order valence-corrected chi connectivity index (χ2v) is 10.5. The summed E-state index contributed by atoms with van der Waals surface area (Å²) in [6, 6.07) is 2.39. The number of piperidine rings is 1. The minimum absolute atomic E-state index is 0.0817. The molecule has 2 atom stereocenters. The molecule has 0 aliphatic carbocycles. The smallest absolute Gasteiger partial charge is 0.317 e. The van der Waals surface area contributed by atoms with Gasteiger partial charge in [0.2, 0.25) is 11.8 Å². The van der Waals surface area contributed by atoms with Crippen LogP contribution in [-0.2, 0) is 29.7 Å². The van der Waals surface area contributed by atoms with Crippen LogP contribution >= 0.6 is 11.6 Å². The molecule has 4 heterocycles. The fraction of sp³-hybridized carbons (Fsp3) is 0.577. The van der Waals surface area contributed by atoms with E-state index in [0.717, 1.165) is 30.4 Å². The molecule has 12 heteroatoms. The minimum atomic E-state index is -0.551. The van der Waals surface area contributed by atoms with Crippen molar-refractivity contribution in [3.63, 3.8) is 0 Å². The predicted molar refractivity (Wildman–Crippen MR) is 140 cm³/mol. The van der Waals surface area contributed by atoms with Gasteiger partial charge in [-0.25, -0.2) is 4.79 Å². The Balaban J connectivity index is 1.51. The molecule has 1 aromatic heterocycles. The maximum Gasteiger partial charge on any atom is 0.317 e. The van der Waals surface area contributed by atoms with Crippen molar-refractivity contribution in [1.29, 1.82) is 0 Å². The summed E-state index contributed by atoms with van der Waals surface area (Å²) in [7, 11) is 3.38. The summed E-state index contributed by atoms with van der Waals surface area (Å²) in [5.74, 6) is 0.588.